The van der Waals surface area contributed by atoms with E-state index in [0.29, 0.717) is 18.9 Å². The molecule has 0 saturated heterocycles. The summed E-state index contributed by atoms with van der Waals surface area (Å²) in [6.45, 7) is 2.71. The third kappa shape index (κ3) is 5.28. The summed E-state index contributed by atoms with van der Waals surface area (Å²) < 4.78 is 18.5. The van der Waals surface area contributed by atoms with E-state index >= 15 is 0 Å². The standard InChI is InChI=1S/C17H17FN2O/c1-14(16-8-5-9-17(18)12-16)20-19-10-11-21-13-15-6-3-2-4-7-15/h2-10,12H,11,13H2,1H3. The van der Waals surface area contributed by atoms with Crippen molar-refractivity contribution in [1.82, 2.24) is 0 Å². The molecule has 0 amide bonds. The van der Waals surface area contributed by atoms with E-state index in [9.17, 15) is 4.39 Å². The molecule has 0 unspecified atom stereocenters. The first kappa shape index (κ1) is 15.1. The van der Waals surface area contributed by atoms with E-state index in [0.717, 1.165) is 11.1 Å². The number of nitrogens with zero attached hydrogens (tertiary/aromatic N) is 2. The molecule has 108 valence electrons. The van der Waals surface area contributed by atoms with Gasteiger partial charge in [0.05, 0.1) is 25.1 Å². The highest BCUT2D eigenvalue weighted by Gasteiger charge is 1.97. The Bertz CT molecular complexity index is 624. The Hall–Kier alpha value is -2.33. The number of hydrogen-bond acceptors (Lipinski definition) is 3. The summed E-state index contributed by atoms with van der Waals surface area (Å²) in [7, 11) is 0. The van der Waals surface area contributed by atoms with Crippen LogP contribution in [-0.2, 0) is 11.3 Å². The maximum atomic E-state index is 13.1. The van der Waals surface area contributed by atoms with Gasteiger partial charge in [-0.1, -0.05) is 42.5 Å². The molecule has 0 atom stereocenters. The van der Waals surface area contributed by atoms with Gasteiger partial charge < -0.3 is 4.74 Å². The van der Waals surface area contributed by atoms with E-state index < -0.39 is 0 Å². The summed E-state index contributed by atoms with van der Waals surface area (Å²) in [4.78, 5) is 0. The van der Waals surface area contributed by atoms with Gasteiger partial charge in [0.2, 0.25) is 0 Å². The third-order valence-corrected chi connectivity index (χ3v) is 2.84. The highest BCUT2D eigenvalue weighted by Crippen LogP contribution is 2.05. The van der Waals surface area contributed by atoms with Crippen molar-refractivity contribution >= 4 is 11.9 Å². The van der Waals surface area contributed by atoms with Crippen LogP contribution in [0, 0.1) is 5.82 Å². The fraction of sp³-hybridized carbons (Fsp3) is 0.176. The van der Waals surface area contributed by atoms with Crippen LogP contribution in [-0.4, -0.2) is 18.5 Å². The van der Waals surface area contributed by atoms with Crippen LogP contribution in [0.1, 0.15) is 18.1 Å². The number of benzene rings is 2. The molecule has 0 aliphatic carbocycles. The fourth-order valence-electron chi connectivity index (χ4n) is 1.74. The van der Waals surface area contributed by atoms with Crippen molar-refractivity contribution < 1.29 is 9.13 Å². The predicted octanol–water partition coefficient (Wildman–Crippen LogP) is 3.84. The molecular formula is C17H17FN2O. The molecule has 0 fully saturated rings. The van der Waals surface area contributed by atoms with Crippen molar-refractivity contribution in [3.63, 3.8) is 0 Å². The molecular weight excluding hydrogens is 267 g/mol. The SMILES string of the molecule is CC(=NN=CCOCc1ccccc1)c1cccc(F)c1. The van der Waals surface area contributed by atoms with Crippen LogP contribution < -0.4 is 0 Å². The second-order valence-corrected chi connectivity index (χ2v) is 4.49. The van der Waals surface area contributed by atoms with Crippen molar-refractivity contribution in [2.45, 2.75) is 13.5 Å². The quantitative estimate of drug-likeness (QED) is 0.451. The second kappa shape index (κ2) is 8.07. The Morgan fingerprint density at radius 1 is 1.14 bits per heavy atom. The van der Waals surface area contributed by atoms with E-state index in [1.165, 1.54) is 12.1 Å². The molecule has 0 bridgehead atoms. The van der Waals surface area contributed by atoms with Gasteiger partial charge in [0.15, 0.2) is 0 Å². The van der Waals surface area contributed by atoms with Gasteiger partial charge in [0.25, 0.3) is 0 Å². The summed E-state index contributed by atoms with van der Waals surface area (Å²) in [5, 5.41) is 7.94. The largest absolute Gasteiger partial charge is 0.371 e. The van der Waals surface area contributed by atoms with E-state index in [1.54, 1.807) is 25.3 Å². The lowest BCUT2D eigenvalue weighted by Crippen LogP contribution is -1.97. The van der Waals surface area contributed by atoms with Crippen molar-refractivity contribution in [1.29, 1.82) is 0 Å². The molecule has 21 heavy (non-hydrogen) atoms. The lowest BCUT2D eigenvalue weighted by molar-refractivity contribution is 0.160. The number of rotatable bonds is 6. The van der Waals surface area contributed by atoms with E-state index in [-0.39, 0.29) is 5.82 Å². The zero-order chi connectivity index (χ0) is 14.9. The van der Waals surface area contributed by atoms with Gasteiger partial charge in [0.1, 0.15) is 5.82 Å². The summed E-state index contributed by atoms with van der Waals surface area (Å²) in [5.74, 6) is -0.280. The molecule has 0 N–H and O–H groups in total. The van der Waals surface area contributed by atoms with Gasteiger partial charge in [-0.15, -0.1) is 0 Å². The minimum atomic E-state index is -0.280. The van der Waals surface area contributed by atoms with E-state index in [4.69, 9.17) is 4.74 Å². The van der Waals surface area contributed by atoms with Gasteiger partial charge in [-0.2, -0.15) is 10.2 Å². The molecule has 0 aromatic heterocycles. The zero-order valence-electron chi connectivity index (χ0n) is 11.9. The maximum Gasteiger partial charge on any atom is 0.123 e. The van der Waals surface area contributed by atoms with Gasteiger partial charge in [-0.05, 0) is 24.6 Å². The van der Waals surface area contributed by atoms with Crippen LogP contribution >= 0.6 is 0 Å². The average Bonchev–Trinajstić information content (AvgIpc) is 2.51. The average molecular weight is 284 g/mol. The normalized spacial score (nSPS) is 12.0. The molecule has 2 aromatic carbocycles. The summed E-state index contributed by atoms with van der Waals surface area (Å²) >= 11 is 0. The van der Waals surface area contributed by atoms with Crippen molar-refractivity contribution in [2.75, 3.05) is 6.61 Å². The molecule has 0 spiro atoms. The maximum absolute atomic E-state index is 13.1. The van der Waals surface area contributed by atoms with Crippen LogP contribution in [0.5, 0.6) is 0 Å². The predicted molar refractivity (Wildman–Crippen MR) is 83.2 cm³/mol. The highest BCUT2D eigenvalue weighted by atomic mass is 19.1. The highest BCUT2D eigenvalue weighted by molar-refractivity contribution is 5.98. The zero-order valence-corrected chi connectivity index (χ0v) is 11.9. The molecule has 0 aliphatic heterocycles. The van der Waals surface area contributed by atoms with E-state index in [2.05, 4.69) is 10.2 Å². The summed E-state index contributed by atoms with van der Waals surface area (Å²) in [6, 6.07) is 16.2. The molecule has 3 nitrogen and oxygen atoms in total. The number of halogens is 1. The Balaban J connectivity index is 1.78. The third-order valence-electron chi connectivity index (χ3n) is 2.84. The summed E-state index contributed by atoms with van der Waals surface area (Å²) in [5.41, 5.74) is 2.50. The van der Waals surface area contributed by atoms with Crippen molar-refractivity contribution in [3.05, 3.63) is 71.5 Å². The lowest BCUT2D eigenvalue weighted by Gasteiger charge is -2.00. The van der Waals surface area contributed by atoms with Crippen LogP contribution in [0.15, 0.2) is 64.8 Å². The molecule has 0 radical (unpaired) electrons. The second-order valence-electron chi connectivity index (χ2n) is 4.49. The van der Waals surface area contributed by atoms with Gasteiger partial charge >= 0.3 is 0 Å². The minimum absolute atomic E-state index is 0.280. The first-order valence-electron chi connectivity index (χ1n) is 6.69. The molecule has 2 rings (SSSR count). The Kier molecular flexibility index (Phi) is 5.79. The van der Waals surface area contributed by atoms with Crippen LogP contribution in [0.2, 0.25) is 0 Å². The van der Waals surface area contributed by atoms with Crippen LogP contribution in [0.4, 0.5) is 4.39 Å². The summed E-state index contributed by atoms with van der Waals surface area (Å²) in [6.07, 6.45) is 1.59. The number of ether oxygens (including phenoxy) is 1. The van der Waals surface area contributed by atoms with Gasteiger partial charge in [0, 0.05) is 5.56 Å². The molecule has 4 heteroatoms. The van der Waals surface area contributed by atoms with Crippen molar-refractivity contribution in [2.24, 2.45) is 10.2 Å². The Morgan fingerprint density at radius 3 is 2.71 bits per heavy atom. The van der Waals surface area contributed by atoms with Crippen LogP contribution in [0.25, 0.3) is 0 Å². The molecule has 0 aliphatic rings. The lowest BCUT2D eigenvalue weighted by atomic mass is 10.1. The Morgan fingerprint density at radius 2 is 1.95 bits per heavy atom. The monoisotopic (exact) mass is 284 g/mol. The first-order chi connectivity index (χ1) is 10.3. The molecule has 2 aromatic rings. The smallest absolute Gasteiger partial charge is 0.123 e. The number of hydrogen-bond donors (Lipinski definition) is 0. The van der Waals surface area contributed by atoms with Crippen molar-refractivity contribution in [3.8, 4) is 0 Å². The van der Waals surface area contributed by atoms with Gasteiger partial charge in [-0.3, -0.25) is 0 Å². The molecule has 0 saturated carbocycles. The first-order valence-corrected chi connectivity index (χ1v) is 6.69. The minimum Gasteiger partial charge on any atom is -0.371 e. The fourth-order valence-corrected chi connectivity index (χ4v) is 1.74. The van der Waals surface area contributed by atoms with E-state index in [1.807, 2.05) is 30.3 Å². The Labute approximate surface area is 123 Å². The molecule has 0 heterocycles. The van der Waals surface area contributed by atoms with Gasteiger partial charge in [-0.25, -0.2) is 4.39 Å². The van der Waals surface area contributed by atoms with Crippen LogP contribution in [0.3, 0.4) is 0 Å². The topological polar surface area (TPSA) is 34.0 Å².